The first-order chi connectivity index (χ1) is 35.6. The van der Waals surface area contributed by atoms with Crippen LogP contribution in [0.3, 0.4) is 0 Å². The first-order valence-corrected chi connectivity index (χ1v) is 26.4. The second-order valence-electron chi connectivity index (χ2n) is 16.5. The predicted molar refractivity (Wildman–Crippen MR) is 272 cm³/mol. The number of carbonyl (C=O) groups is 2. The lowest BCUT2D eigenvalue weighted by atomic mass is 9.78. The van der Waals surface area contributed by atoms with Gasteiger partial charge in [-0.2, -0.15) is 13.1 Å². The smallest absolute Gasteiger partial charge is 0.328 e. The number of amides is 1. The summed E-state index contributed by atoms with van der Waals surface area (Å²) in [4.78, 5) is 29.6. The van der Waals surface area contributed by atoms with E-state index in [1.807, 2.05) is 61.5 Å². The molecule has 0 bridgehead atoms. The molecule has 0 aliphatic heterocycles. The Kier molecular flexibility index (Phi) is 16.7. The Labute approximate surface area is 430 Å². The number of carbonyl (C=O) groups excluding carboxylic acids is 1. The number of aryl methyl sites for hydroxylation is 1. The number of aromatic nitrogens is 4. The van der Waals surface area contributed by atoms with Gasteiger partial charge in [0.25, 0.3) is 20.1 Å². The fourth-order valence-electron chi connectivity index (χ4n) is 7.68. The molecule has 74 heavy (non-hydrogen) atoms. The van der Waals surface area contributed by atoms with Crippen molar-refractivity contribution in [3.05, 3.63) is 185 Å². The molecule has 6 aromatic carbocycles. The second kappa shape index (κ2) is 23.4. The van der Waals surface area contributed by atoms with Crippen LogP contribution in [0.4, 0.5) is 0 Å². The standard InChI is InChI=1S/C52H50N6O13S3/c1-35-12-23-45(24-13-35)74(64,65)71-27-26-69-43-11-7-8-36(28-43)32-68-34-47(50(60)61)53-49(59)31-58-30-40(55-57-58)33-70-44-22-25-46-48(29-44)72-51(54-46)73(62,63)56-52(37-9-5-4-6-10-37,38-14-18-41(66-2)19-15-38)39-16-20-42(67-3)21-17-39/h4-25,28-30,47,56H,26-27,31-34H2,1-3H3,(H,53,59)(H,60,61). The number of hydrogen-bond acceptors (Lipinski definition) is 16. The molecule has 2 aromatic heterocycles. The minimum atomic E-state index is -4.33. The minimum Gasteiger partial charge on any atom is -0.497 e. The first kappa shape index (κ1) is 52.6. The summed E-state index contributed by atoms with van der Waals surface area (Å²) in [7, 11) is -5.16. The largest absolute Gasteiger partial charge is 0.497 e. The van der Waals surface area contributed by atoms with Crippen LogP contribution in [0.1, 0.15) is 33.5 Å². The van der Waals surface area contributed by atoms with Crippen LogP contribution in [0.2, 0.25) is 0 Å². The van der Waals surface area contributed by atoms with E-state index in [0.717, 1.165) is 16.9 Å². The Balaban J connectivity index is 0.852. The number of thiazole rings is 1. The number of carboxylic acids is 1. The quantitative estimate of drug-likeness (QED) is 0.0309. The average molecular weight is 1060 g/mol. The Morgan fingerprint density at radius 2 is 1.38 bits per heavy atom. The van der Waals surface area contributed by atoms with Crippen molar-refractivity contribution in [3.63, 3.8) is 0 Å². The van der Waals surface area contributed by atoms with E-state index in [0.29, 0.717) is 61.2 Å². The van der Waals surface area contributed by atoms with Crippen molar-refractivity contribution in [2.24, 2.45) is 0 Å². The number of benzene rings is 6. The predicted octanol–water partition coefficient (Wildman–Crippen LogP) is 6.63. The van der Waals surface area contributed by atoms with E-state index in [9.17, 15) is 31.5 Å². The van der Waals surface area contributed by atoms with Gasteiger partial charge in [0.15, 0.2) is 6.04 Å². The fourth-order valence-corrected chi connectivity index (χ4v) is 11.2. The van der Waals surface area contributed by atoms with Gasteiger partial charge in [-0.15, -0.1) is 16.4 Å². The highest BCUT2D eigenvalue weighted by Crippen LogP contribution is 2.40. The lowest BCUT2D eigenvalue weighted by Crippen LogP contribution is -2.47. The number of methoxy groups -OCH3 is 2. The summed E-state index contributed by atoms with van der Waals surface area (Å²) in [5, 5.41) is 20.3. The van der Waals surface area contributed by atoms with Crippen molar-refractivity contribution < 1.29 is 59.4 Å². The van der Waals surface area contributed by atoms with Gasteiger partial charge in [-0.05, 0) is 95.9 Å². The SMILES string of the molecule is COc1ccc(C(NS(=O)(=O)c2nc3ccc(OCc4cn(CC(=O)NC(COCc5cccc(OCCOS(=O)(=O)c6ccc(C)cc6)c5)C(=O)O)nn4)cc3s2)(c2ccccc2)c2ccc(OC)cc2)cc1. The highest BCUT2D eigenvalue weighted by Gasteiger charge is 2.42. The third-order valence-electron chi connectivity index (χ3n) is 11.4. The van der Waals surface area contributed by atoms with Crippen LogP contribution in [0.25, 0.3) is 10.2 Å². The molecule has 0 saturated heterocycles. The molecular weight excluding hydrogens is 1010 g/mol. The maximum Gasteiger partial charge on any atom is 0.328 e. The number of carboxylic acid groups (broad SMARTS) is 1. The molecule has 19 nitrogen and oxygen atoms in total. The molecule has 3 N–H and O–H groups in total. The molecular formula is C52H50N6O13S3. The first-order valence-electron chi connectivity index (χ1n) is 22.7. The molecule has 1 unspecified atom stereocenters. The van der Waals surface area contributed by atoms with Crippen molar-refractivity contribution in [2.75, 3.05) is 34.0 Å². The summed E-state index contributed by atoms with van der Waals surface area (Å²) in [6.07, 6.45) is 1.47. The molecule has 22 heteroatoms. The average Bonchev–Trinajstić information content (AvgIpc) is 4.07. The third-order valence-corrected chi connectivity index (χ3v) is 15.5. The number of fused-ring (bicyclic) bond motifs is 1. The van der Waals surface area contributed by atoms with Crippen LogP contribution in [-0.2, 0) is 63.9 Å². The van der Waals surface area contributed by atoms with Crippen molar-refractivity contribution in [1.82, 2.24) is 30.0 Å². The van der Waals surface area contributed by atoms with Gasteiger partial charge < -0.3 is 34.1 Å². The summed E-state index contributed by atoms with van der Waals surface area (Å²) in [5.41, 5.74) is 2.83. The number of sulfonamides is 1. The molecule has 384 valence electrons. The topological polar surface area (TPSA) is 246 Å². The van der Waals surface area contributed by atoms with Gasteiger partial charge in [-0.3, -0.25) is 8.98 Å². The normalized spacial score (nSPS) is 12.3. The zero-order valence-corrected chi connectivity index (χ0v) is 42.6. The molecule has 0 fully saturated rings. The van der Waals surface area contributed by atoms with Crippen LogP contribution in [0.5, 0.6) is 23.0 Å². The third kappa shape index (κ3) is 12.9. The zero-order valence-electron chi connectivity index (χ0n) is 40.1. The van der Waals surface area contributed by atoms with Gasteiger partial charge in [0.2, 0.25) is 10.2 Å². The molecule has 1 amide bonds. The molecule has 1 atom stereocenters. The Hall–Kier alpha value is -7.73. The van der Waals surface area contributed by atoms with Crippen LogP contribution in [0, 0.1) is 6.92 Å². The molecule has 8 rings (SSSR count). The summed E-state index contributed by atoms with van der Waals surface area (Å²) < 4.78 is 91.9. The monoisotopic (exact) mass is 1060 g/mol. The number of aliphatic carboxylic acids is 1. The van der Waals surface area contributed by atoms with E-state index in [1.54, 1.807) is 93.1 Å². The van der Waals surface area contributed by atoms with Crippen molar-refractivity contribution in [2.45, 2.75) is 47.5 Å². The molecule has 8 aromatic rings. The molecule has 0 radical (unpaired) electrons. The van der Waals surface area contributed by atoms with E-state index in [2.05, 4.69) is 25.3 Å². The van der Waals surface area contributed by atoms with E-state index in [1.165, 1.54) is 23.0 Å². The van der Waals surface area contributed by atoms with Crippen molar-refractivity contribution in [1.29, 1.82) is 0 Å². The number of hydrogen-bond donors (Lipinski definition) is 3. The van der Waals surface area contributed by atoms with Crippen molar-refractivity contribution in [3.8, 4) is 23.0 Å². The minimum absolute atomic E-state index is 0.0128. The lowest BCUT2D eigenvalue weighted by Gasteiger charge is -2.36. The Bertz CT molecular complexity index is 3380. The molecule has 0 saturated carbocycles. The highest BCUT2D eigenvalue weighted by molar-refractivity contribution is 7.91. The van der Waals surface area contributed by atoms with E-state index < -0.39 is 43.6 Å². The van der Waals surface area contributed by atoms with E-state index in [4.69, 9.17) is 27.9 Å². The Morgan fingerprint density at radius 1 is 0.730 bits per heavy atom. The van der Waals surface area contributed by atoms with Crippen LogP contribution < -0.4 is 29.0 Å². The number of ether oxygens (including phenoxy) is 5. The summed E-state index contributed by atoms with van der Waals surface area (Å²) >= 11 is 0.970. The van der Waals surface area contributed by atoms with Gasteiger partial charge in [0, 0.05) is 0 Å². The van der Waals surface area contributed by atoms with Crippen LogP contribution in [0.15, 0.2) is 161 Å². The maximum absolute atomic E-state index is 14.6. The Morgan fingerprint density at radius 3 is 2.04 bits per heavy atom. The van der Waals surface area contributed by atoms with Crippen LogP contribution in [-0.4, -0.2) is 93.9 Å². The highest BCUT2D eigenvalue weighted by atomic mass is 32.2. The molecule has 2 heterocycles. The van der Waals surface area contributed by atoms with Gasteiger partial charge in [0.1, 0.15) is 60.6 Å². The van der Waals surface area contributed by atoms with E-state index >= 15 is 0 Å². The van der Waals surface area contributed by atoms with Crippen LogP contribution >= 0.6 is 11.3 Å². The van der Waals surface area contributed by atoms with Gasteiger partial charge in [-0.1, -0.05) is 89.6 Å². The van der Waals surface area contributed by atoms with Gasteiger partial charge in [0.05, 0.1) is 48.7 Å². The van der Waals surface area contributed by atoms with E-state index in [-0.39, 0.29) is 48.8 Å². The van der Waals surface area contributed by atoms with Gasteiger partial charge in [-0.25, -0.2) is 22.9 Å². The van der Waals surface area contributed by atoms with Crippen molar-refractivity contribution >= 4 is 53.6 Å². The summed E-state index contributed by atoms with van der Waals surface area (Å²) in [5.74, 6) is 0.0275. The second-order valence-corrected chi connectivity index (χ2v) is 21.0. The fraction of sp³-hybridized carbons (Fsp3) is 0.212. The number of nitrogens with zero attached hydrogens (tertiary/aromatic N) is 4. The summed E-state index contributed by atoms with van der Waals surface area (Å²) in [6.45, 7) is 0.780. The molecule has 0 aliphatic carbocycles. The summed E-state index contributed by atoms with van der Waals surface area (Å²) in [6, 6.07) is 40.2. The molecule has 0 aliphatic rings. The molecule has 0 spiro atoms. The number of rotatable bonds is 25. The lowest BCUT2D eigenvalue weighted by molar-refractivity contribution is -0.144. The zero-order chi connectivity index (χ0) is 52.3. The van der Waals surface area contributed by atoms with Gasteiger partial charge >= 0.3 is 5.97 Å². The number of nitrogens with one attached hydrogen (secondary N) is 2. The maximum atomic E-state index is 14.6.